The first-order valence-corrected chi connectivity index (χ1v) is 12.7. The number of aryl methyl sites for hydroxylation is 1. The maximum atomic E-state index is 12.7. The highest BCUT2D eigenvalue weighted by Crippen LogP contribution is 2.29. The van der Waals surface area contributed by atoms with E-state index in [1.807, 2.05) is 19.1 Å². The fourth-order valence-corrected chi connectivity index (χ4v) is 7.10. The molecule has 3 heterocycles. The van der Waals surface area contributed by atoms with Gasteiger partial charge in [0.15, 0.2) is 9.84 Å². The maximum absolute atomic E-state index is 12.7. The van der Waals surface area contributed by atoms with Gasteiger partial charge >= 0.3 is 0 Å². The van der Waals surface area contributed by atoms with Crippen molar-refractivity contribution in [2.75, 3.05) is 11.5 Å². The fraction of sp³-hybridized carbons (Fsp3) is 0.350. The molecule has 2 atom stereocenters. The lowest BCUT2D eigenvalue weighted by Crippen LogP contribution is -2.38. The monoisotopic (exact) mass is 433 g/mol. The summed E-state index contributed by atoms with van der Waals surface area (Å²) < 4.78 is 51.5. The van der Waals surface area contributed by atoms with Crippen molar-refractivity contribution in [2.45, 2.75) is 31.2 Å². The second-order valence-corrected chi connectivity index (χ2v) is 11.6. The van der Waals surface area contributed by atoms with Gasteiger partial charge in [0.1, 0.15) is 5.65 Å². The number of H-pyrrole nitrogens is 1. The van der Waals surface area contributed by atoms with Crippen LogP contribution in [0.4, 0.5) is 0 Å². The van der Waals surface area contributed by atoms with Crippen LogP contribution in [0.2, 0.25) is 0 Å². The quantitative estimate of drug-likeness (QED) is 0.643. The van der Waals surface area contributed by atoms with E-state index in [2.05, 4.69) is 14.7 Å². The van der Waals surface area contributed by atoms with Crippen molar-refractivity contribution in [3.05, 3.63) is 48.3 Å². The Hall–Kier alpha value is -2.23. The molecular formula is C20H23N3O4S2. The van der Waals surface area contributed by atoms with Crippen LogP contribution in [-0.2, 0) is 19.9 Å². The van der Waals surface area contributed by atoms with Gasteiger partial charge in [-0.3, -0.25) is 0 Å². The third-order valence-corrected chi connectivity index (χ3v) is 8.83. The van der Waals surface area contributed by atoms with Crippen LogP contribution in [0.15, 0.2) is 47.5 Å². The topological polar surface area (TPSA) is 109 Å². The first-order chi connectivity index (χ1) is 13.6. The fourth-order valence-electron chi connectivity index (χ4n) is 3.85. The number of aromatic nitrogens is 2. The van der Waals surface area contributed by atoms with Gasteiger partial charge in [0.05, 0.1) is 16.4 Å². The van der Waals surface area contributed by atoms with Crippen molar-refractivity contribution in [3.63, 3.8) is 0 Å². The van der Waals surface area contributed by atoms with Crippen molar-refractivity contribution in [1.29, 1.82) is 0 Å². The Morgan fingerprint density at radius 2 is 1.93 bits per heavy atom. The van der Waals surface area contributed by atoms with E-state index in [0.717, 1.165) is 27.9 Å². The minimum Gasteiger partial charge on any atom is -0.344 e. The number of sulfonamides is 1. The molecule has 0 saturated carbocycles. The lowest BCUT2D eigenvalue weighted by Gasteiger charge is -2.19. The summed E-state index contributed by atoms with van der Waals surface area (Å²) in [6, 6.07) is 10.2. The molecule has 1 aromatic carbocycles. The average Bonchev–Trinajstić information content (AvgIpc) is 3.22. The predicted molar refractivity (Wildman–Crippen MR) is 113 cm³/mol. The smallest absolute Gasteiger partial charge is 0.240 e. The van der Waals surface area contributed by atoms with E-state index in [-0.39, 0.29) is 22.3 Å². The van der Waals surface area contributed by atoms with E-state index in [1.54, 1.807) is 37.4 Å². The lowest BCUT2D eigenvalue weighted by molar-refractivity contribution is 0.452. The number of pyridine rings is 1. The average molecular weight is 434 g/mol. The highest BCUT2D eigenvalue weighted by atomic mass is 32.2. The molecule has 4 rings (SSSR count). The second kappa shape index (κ2) is 7.23. The minimum atomic E-state index is -3.73. The van der Waals surface area contributed by atoms with Crippen LogP contribution in [0, 0.1) is 12.8 Å². The summed E-state index contributed by atoms with van der Waals surface area (Å²) in [5.74, 6) is -0.0442. The van der Waals surface area contributed by atoms with Crippen molar-refractivity contribution in [3.8, 4) is 11.1 Å². The predicted octanol–water partition coefficient (Wildman–Crippen LogP) is 2.64. The van der Waals surface area contributed by atoms with Gasteiger partial charge in [-0.1, -0.05) is 12.1 Å². The molecule has 0 spiro atoms. The molecule has 7 nitrogen and oxygen atoms in total. The number of hydrogen-bond donors (Lipinski definition) is 2. The zero-order valence-corrected chi connectivity index (χ0v) is 17.8. The molecule has 2 unspecified atom stereocenters. The van der Waals surface area contributed by atoms with Crippen LogP contribution in [-0.4, -0.2) is 44.4 Å². The van der Waals surface area contributed by atoms with E-state index in [1.165, 1.54) is 0 Å². The van der Waals surface area contributed by atoms with Gasteiger partial charge in [-0.25, -0.2) is 26.5 Å². The number of nitrogens with one attached hydrogen (secondary N) is 2. The first-order valence-electron chi connectivity index (χ1n) is 9.42. The Morgan fingerprint density at radius 3 is 2.59 bits per heavy atom. The molecule has 3 aromatic rings. The summed E-state index contributed by atoms with van der Waals surface area (Å²) >= 11 is 0. The number of fused-ring (bicyclic) bond motifs is 1. The van der Waals surface area contributed by atoms with Crippen molar-refractivity contribution < 1.29 is 16.8 Å². The summed E-state index contributed by atoms with van der Waals surface area (Å²) in [6.07, 6.45) is 2.20. The summed E-state index contributed by atoms with van der Waals surface area (Å²) in [6.45, 7) is 3.68. The highest BCUT2D eigenvalue weighted by Gasteiger charge is 2.33. The standard InChI is InChI=1S/C20H23N3O4S2/c1-13-11-19-18(7-9-21-20(19)22-13)15-3-5-17(6-4-15)29(26,27)23-14(2)16-8-10-28(24,25)12-16/h3-7,9,11,14,16,23H,8,10,12H2,1-2H3,(H,21,22). The van der Waals surface area contributed by atoms with E-state index < -0.39 is 25.9 Å². The Morgan fingerprint density at radius 1 is 1.21 bits per heavy atom. The van der Waals surface area contributed by atoms with Crippen LogP contribution in [0.1, 0.15) is 19.0 Å². The molecule has 1 saturated heterocycles. The van der Waals surface area contributed by atoms with Crippen molar-refractivity contribution in [2.24, 2.45) is 5.92 Å². The highest BCUT2D eigenvalue weighted by molar-refractivity contribution is 7.91. The molecule has 2 aromatic heterocycles. The summed E-state index contributed by atoms with van der Waals surface area (Å²) in [5.41, 5.74) is 3.66. The summed E-state index contributed by atoms with van der Waals surface area (Å²) in [7, 11) is -6.79. The molecule has 29 heavy (non-hydrogen) atoms. The van der Waals surface area contributed by atoms with Gasteiger partial charge in [-0.2, -0.15) is 0 Å². The molecule has 0 bridgehead atoms. The van der Waals surface area contributed by atoms with E-state index in [4.69, 9.17) is 0 Å². The molecule has 0 radical (unpaired) electrons. The van der Waals surface area contributed by atoms with Gasteiger partial charge < -0.3 is 4.98 Å². The molecule has 154 valence electrons. The van der Waals surface area contributed by atoms with Gasteiger partial charge in [0.2, 0.25) is 10.0 Å². The molecule has 0 amide bonds. The van der Waals surface area contributed by atoms with Gasteiger partial charge in [-0.05, 0) is 61.6 Å². The molecule has 1 aliphatic rings. The number of sulfone groups is 1. The van der Waals surface area contributed by atoms with Crippen LogP contribution in [0.5, 0.6) is 0 Å². The molecule has 2 N–H and O–H groups in total. The maximum Gasteiger partial charge on any atom is 0.240 e. The zero-order chi connectivity index (χ0) is 20.8. The van der Waals surface area contributed by atoms with Gasteiger partial charge in [0.25, 0.3) is 0 Å². The van der Waals surface area contributed by atoms with Crippen molar-refractivity contribution in [1.82, 2.24) is 14.7 Å². The number of aromatic amines is 1. The number of rotatable bonds is 5. The Balaban J connectivity index is 1.56. The van der Waals surface area contributed by atoms with Gasteiger partial charge in [0, 0.05) is 23.3 Å². The number of hydrogen-bond acceptors (Lipinski definition) is 5. The Kier molecular flexibility index (Phi) is 5.00. The second-order valence-electron chi connectivity index (χ2n) is 7.67. The first kappa shape index (κ1) is 20.1. The zero-order valence-electron chi connectivity index (χ0n) is 16.2. The van der Waals surface area contributed by atoms with Crippen LogP contribution in [0.25, 0.3) is 22.2 Å². The third kappa shape index (κ3) is 4.08. The molecule has 0 aliphatic carbocycles. The third-order valence-electron chi connectivity index (χ3n) is 5.46. The van der Waals surface area contributed by atoms with Crippen LogP contribution in [0.3, 0.4) is 0 Å². The minimum absolute atomic E-state index is 0.0315. The SMILES string of the molecule is Cc1cc2c(-c3ccc(S(=O)(=O)NC(C)C4CCS(=O)(=O)C4)cc3)ccnc2[nH]1. The lowest BCUT2D eigenvalue weighted by atomic mass is 10.0. The van der Waals surface area contributed by atoms with Gasteiger partial charge in [-0.15, -0.1) is 0 Å². The van der Waals surface area contributed by atoms with E-state index in [9.17, 15) is 16.8 Å². The number of nitrogens with zero attached hydrogens (tertiary/aromatic N) is 1. The molecule has 9 heteroatoms. The normalized spacial score (nSPS) is 20.1. The van der Waals surface area contributed by atoms with E-state index in [0.29, 0.717) is 6.42 Å². The Bertz CT molecular complexity index is 1260. The summed E-state index contributed by atoms with van der Waals surface area (Å²) in [4.78, 5) is 7.68. The molecule has 1 fully saturated rings. The molecular weight excluding hydrogens is 410 g/mol. The van der Waals surface area contributed by atoms with E-state index >= 15 is 0 Å². The largest absolute Gasteiger partial charge is 0.344 e. The Labute approximate surface area is 170 Å². The van der Waals surface area contributed by atoms with Crippen LogP contribution >= 0.6 is 0 Å². The van der Waals surface area contributed by atoms with Crippen LogP contribution < -0.4 is 4.72 Å². The summed E-state index contributed by atoms with van der Waals surface area (Å²) in [5, 5.41) is 0.981. The van der Waals surface area contributed by atoms with Crippen molar-refractivity contribution >= 4 is 30.9 Å². The number of benzene rings is 1. The molecule has 1 aliphatic heterocycles.